The van der Waals surface area contributed by atoms with E-state index in [1.165, 1.54) is 0 Å². The van der Waals surface area contributed by atoms with Crippen LogP contribution in [-0.4, -0.2) is 47.7 Å². The van der Waals surface area contributed by atoms with E-state index in [9.17, 15) is 4.79 Å². The maximum atomic E-state index is 12.3. The summed E-state index contributed by atoms with van der Waals surface area (Å²) in [5.74, 6) is 6.32. The van der Waals surface area contributed by atoms with Crippen LogP contribution in [-0.2, 0) is 9.53 Å². The van der Waals surface area contributed by atoms with Crippen LogP contribution >= 0.6 is 0 Å². The number of ether oxygens (including phenoxy) is 1. The summed E-state index contributed by atoms with van der Waals surface area (Å²) in [6.07, 6.45) is 3.74. The number of carbonyl (C=O) groups excluding carboxylic acids is 1. The molecule has 0 aromatic carbocycles. The molecule has 0 spiro atoms. The first-order valence-electron chi connectivity index (χ1n) is 6.72. The molecule has 2 heterocycles. The van der Waals surface area contributed by atoms with Gasteiger partial charge < -0.3 is 15.0 Å². The van der Waals surface area contributed by atoms with Crippen LogP contribution < -0.4 is 21.5 Å². The zero-order chi connectivity index (χ0) is 13.9. The molecule has 1 saturated heterocycles. The number of hydrazine groups is 1. The zero-order valence-corrected chi connectivity index (χ0v) is 11.1. The number of amides is 1. The number of hydrogen-bond acceptors (Lipinski definition) is 7. The number of nitrogen functional groups attached to an aromatic ring is 1. The van der Waals surface area contributed by atoms with Gasteiger partial charge in [0.15, 0.2) is 0 Å². The largest absolute Gasteiger partial charge is 0.377 e. The number of hydrogen-bond donors (Lipinski definition) is 3. The van der Waals surface area contributed by atoms with Crippen molar-refractivity contribution in [2.45, 2.75) is 24.9 Å². The molecule has 1 aliphatic carbocycles. The molecule has 1 amide bonds. The van der Waals surface area contributed by atoms with Crippen LogP contribution in [0.5, 0.6) is 0 Å². The quantitative estimate of drug-likeness (QED) is 0.491. The van der Waals surface area contributed by atoms with Crippen LogP contribution in [0.25, 0.3) is 0 Å². The molecule has 108 valence electrons. The molecule has 0 bridgehead atoms. The fourth-order valence-corrected chi connectivity index (χ4v) is 2.20. The fourth-order valence-electron chi connectivity index (χ4n) is 2.20. The van der Waals surface area contributed by atoms with Crippen LogP contribution in [0.2, 0.25) is 0 Å². The van der Waals surface area contributed by atoms with Gasteiger partial charge in [-0.3, -0.25) is 10.2 Å². The summed E-state index contributed by atoms with van der Waals surface area (Å²) in [4.78, 5) is 22.5. The molecule has 4 N–H and O–H groups in total. The summed E-state index contributed by atoms with van der Waals surface area (Å²) in [5, 5.41) is 3.01. The van der Waals surface area contributed by atoms with Crippen LogP contribution in [0.15, 0.2) is 12.3 Å². The van der Waals surface area contributed by atoms with Gasteiger partial charge in [0.05, 0.1) is 13.2 Å². The molecule has 1 aromatic heterocycles. The molecular formula is C12H18N6O2. The lowest BCUT2D eigenvalue weighted by Crippen LogP contribution is -2.54. The Bertz CT molecular complexity index is 493. The number of morpholine rings is 1. The predicted molar refractivity (Wildman–Crippen MR) is 73.0 cm³/mol. The average Bonchev–Trinajstić information content (AvgIpc) is 3.31. The molecule has 8 nitrogen and oxygen atoms in total. The highest BCUT2D eigenvalue weighted by Gasteiger charge is 2.33. The Balaban J connectivity index is 1.77. The lowest BCUT2D eigenvalue weighted by Gasteiger charge is -2.35. The standard InChI is InChI=1S/C12H18N6O2/c13-17-12-14-4-3-10(16-12)18-5-6-20-7-9(18)11(19)15-8-1-2-8/h3-4,8-9H,1-2,5-7,13H2,(H,15,19)(H,14,16,17). The van der Waals surface area contributed by atoms with E-state index in [1.807, 2.05) is 4.90 Å². The number of aromatic nitrogens is 2. The van der Waals surface area contributed by atoms with E-state index in [1.54, 1.807) is 12.3 Å². The van der Waals surface area contributed by atoms with E-state index in [4.69, 9.17) is 10.6 Å². The SMILES string of the molecule is NNc1nccc(N2CCOCC2C(=O)NC2CC2)n1. The van der Waals surface area contributed by atoms with Gasteiger partial charge in [0, 0.05) is 18.8 Å². The summed E-state index contributed by atoms with van der Waals surface area (Å²) >= 11 is 0. The van der Waals surface area contributed by atoms with Gasteiger partial charge in [-0.15, -0.1) is 0 Å². The first-order chi connectivity index (χ1) is 9.78. The van der Waals surface area contributed by atoms with Crippen molar-refractivity contribution < 1.29 is 9.53 Å². The Morgan fingerprint density at radius 3 is 3.10 bits per heavy atom. The van der Waals surface area contributed by atoms with E-state index in [2.05, 4.69) is 20.7 Å². The maximum Gasteiger partial charge on any atom is 0.245 e. The Kier molecular flexibility index (Phi) is 3.66. The average molecular weight is 278 g/mol. The van der Waals surface area contributed by atoms with Crippen LogP contribution in [0.3, 0.4) is 0 Å². The number of rotatable bonds is 4. The molecule has 1 unspecified atom stereocenters. The molecule has 1 aromatic rings. The predicted octanol–water partition coefficient (Wildman–Crippen LogP) is -0.754. The summed E-state index contributed by atoms with van der Waals surface area (Å²) in [7, 11) is 0. The molecule has 1 atom stereocenters. The summed E-state index contributed by atoms with van der Waals surface area (Å²) in [6, 6.07) is 1.74. The molecule has 1 aliphatic heterocycles. The molecule has 2 fully saturated rings. The number of nitrogens with one attached hydrogen (secondary N) is 2. The smallest absolute Gasteiger partial charge is 0.245 e. The first kappa shape index (κ1) is 13.1. The summed E-state index contributed by atoms with van der Waals surface area (Å²) in [6.45, 7) is 1.56. The van der Waals surface area contributed by atoms with Gasteiger partial charge in [-0.05, 0) is 18.9 Å². The zero-order valence-electron chi connectivity index (χ0n) is 11.1. The van der Waals surface area contributed by atoms with Crippen molar-refractivity contribution in [3.8, 4) is 0 Å². The van der Waals surface area contributed by atoms with E-state index >= 15 is 0 Å². The molecule has 2 aliphatic rings. The highest BCUT2D eigenvalue weighted by atomic mass is 16.5. The minimum absolute atomic E-state index is 0.00642. The van der Waals surface area contributed by atoms with E-state index < -0.39 is 0 Å². The van der Waals surface area contributed by atoms with Crippen molar-refractivity contribution in [3.63, 3.8) is 0 Å². The minimum Gasteiger partial charge on any atom is -0.377 e. The van der Waals surface area contributed by atoms with Gasteiger partial charge in [0.2, 0.25) is 11.9 Å². The number of nitrogens with two attached hydrogens (primary N) is 1. The first-order valence-corrected chi connectivity index (χ1v) is 6.72. The van der Waals surface area contributed by atoms with Gasteiger partial charge >= 0.3 is 0 Å². The van der Waals surface area contributed by atoms with Crippen molar-refractivity contribution in [3.05, 3.63) is 12.3 Å². The summed E-state index contributed by atoms with van der Waals surface area (Å²) in [5.41, 5.74) is 2.41. The maximum absolute atomic E-state index is 12.3. The van der Waals surface area contributed by atoms with Gasteiger partial charge in [0.25, 0.3) is 0 Å². The van der Waals surface area contributed by atoms with Crippen molar-refractivity contribution >= 4 is 17.7 Å². The van der Waals surface area contributed by atoms with Gasteiger partial charge in [-0.1, -0.05) is 0 Å². The van der Waals surface area contributed by atoms with Gasteiger partial charge in [0.1, 0.15) is 11.9 Å². The van der Waals surface area contributed by atoms with Crippen molar-refractivity contribution in [1.82, 2.24) is 15.3 Å². The Morgan fingerprint density at radius 2 is 2.35 bits per heavy atom. The molecule has 3 rings (SSSR count). The van der Waals surface area contributed by atoms with E-state index in [0.717, 1.165) is 12.8 Å². The Hall–Kier alpha value is -1.93. The Morgan fingerprint density at radius 1 is 1.50 bits per heavy atom. The van der Waals surface area contributed by atoms with E-state index in [-0.39, 0.29) is 11.9 Å². The minimum atomic E-state index is -0.357. The van der Waals surface area contributed by atoms with Gasteiger partial charge in [-0.2, -0.15) is 4.98 Å². The van der Waals surface area contributed by atoms with Crippen molar-refractivity contribution in [2.24, 2.45) is 5.84 Å². The van der Waals surface area contributed by atoms with E-state index in [0.29, 0.717) is 37.6 Å². The van der Waals surface area contributed by atoms with Crippen molar-refractivity contribution in [1.29, 1.82) is 0 Å². The topological polar surface area (TPSA) is 105 Å². The molecule has 8 heteroatoms. The highest BCUT2D eigenvalue weighted by molar-refractivity contribution is 5.85. The monoisotopic (exact) mass is 278 g/mol. The van der Waals surface area contributed by atoms with Gasteiger partial charge in [-0.25, -0.2) is 10.8 Å². The molecule has 1 saturated carbocycles. The third-order valence-electron chi connectivity index (χ3n) is 3.42. The highest BCUT2D eigenvalue weighted by Crippen LogP contribution is 2.22. The normalized spacial score (nSPS) is 22.4. The third kappa shape index (κ3) is 2.81. The molecular weight excluding hydrogens is 260 g/mol. The Labute approximate surface area is 116 Å². The van der Waals surface area contributed by atoms with Crippen molar-refractivity contribution in [2.75, 3.05) is 30.1 Å². The summed E-state index contributed by atoms with van der Waals surface area (Å²) < 4.78 is 5.43. The van der Waals surface area contributed by atoms with Crippen LogP contribution in [0.4, 0.5) is 11.8 Å². The second-order valence-electron chi connectivity index (χ2n) is 4.95. The third-order valence-corrected chi connectivity index (χ3v) is 3.42. The number of nitrogens with zero attached hydrogens (tertiary/aromatic N) is 3. The number of anilines is 2. The second kappa shape index (κ2) is 5.59. The number of carbonyl (C=O) groups is 1. The molecule has 20 heavy (non-hydrogen) atoms. The fraction of sp³-hybridized carbons (Fsp3) is 0.583. The second-order valence-corrected chi connectivity index (χ2v) is 4.95. The van der Waals surface area contributed by atoms with Crippen LogP contribution in [0.1, 0.15) is 12.8 Å². The lowest BCUT2D eigenvalue weighted by atomic mass is 10.2. The van der Waals surface area contributed by atoms with Crippen LogP contribution in [0, 0.1) is 0 Å². The molecule has 0 radical (unpaired) electrons. The lowest BCUT2D eigenvalue weighted by molar-refractivity contribution is -0.124.